The van der Waals surface area contributed by atoms with Crippen molar-refractivity contribution in [2.24, 2.45) is 0 Å². The van der Waals surface area contributed by atoms with Gasteiger partial charge in [0.15, 0.2) is 11.5 Å². The van der Waals surface area contributed by atoms with Crippen LogP contribution in [0.2, 0.25) is 0 Å². The van der Waals surface area contributed by atoms with E-state index in [1.165, 1.54) is 25.0 Å². The molecular formula is C19H17N3O5. The van der Waals surface area contributed by atoms with E-state index in [0.29, 0.717) is 28.5 Å². The van der Waals surface area contributed by atoms with E-state index in [9.17, 15) is 14.7 Å². The molecule has 1 aromatic carbocycles. The molecule has 0 atom stereocenters. The van der Waals surface area contributed by atoms with Crippen LogP contribution in [0.4, 0.5) is 0 Å². The molecule has 0 unspecified atom stereocenters. The third kappa shape index (κ3) is 3.79. The van der Waals surface area contributed by atoms with Crippen molar-refractivity contribution in [3.8, 4) is 22.9 Å². The Kier molecular flexibility index (Phi) is 5.16. The number of carboxylic acids is 1. The minimum Gasteiger partial charge on any atom is -0.497 e. The predicted molar refractivity (Wildman–Crippen MR) is 96.3 cm³/mol. The number of hydrogen-bond donors (Lipinski definition) is 1. The molecule has 0 aliphatic heterocycles. The number of ether oxygens (including phenoxy) is 2. The number of pyridine rings is 1. The van der Waals surface area contributed by atoms with E-state index in [0.717, 1.165) is 0 Å². The average molecular weight is 367 g/mol. The highest BCUT2D eigenvalue weighted by molar-refractivity contribution is 5.99. The number of carboxylic acid groups (broad SMARTS) is 1. The molecule has 8 nitrogen and oxygen atoms in total. The van der Waals surface area contributed by atoms with Crippen molar-refractivity contribution in [2.45, 2.75) is 6.54 Å². The number of aromatic carboxylic acids is 1. The highest BCUT2D eigenvalue weighted by atomic mass is 16.5. The van der Waals surface area contributed by atoms with Crippen LogP contribution >= 0.6 is 0 Å². The SMILES string of the molecule is COc1ccc(C(=O)Cn2nc(C(=O)O)cc2-c2ccccn2)c(OC)c1. The van der Waals surface area contributed by atoms with Gasteiger partial charge in [0.2, 0.25) is 0 Å². The van der Waals surface area contributed by atoms with Crippen molar-refractivity contribution >= 4 is 11.8 Å². The van der Waals surface area contributed by atoms with Crippen LogP contribution in [0.3, 0.4) is 0 Å². The summed E-state index contributed by atoms with van der Waals surface area (Å²) >= 11 is 0. The van der Waals surface area contributed by atoms with Crippen LogP contribution in [0.1, 0.15) is 20.8 Å². The molecule has 3 aromatic rings. The first-order valence-corrected chi connectivity index (χ1v) is 8.01. The first-order chi connectivity index (χ1) is 13.0. The van der Waals surface area contributed by atoms with E-state index in [2.05, 4.69) is 10.1 Å². The lowest BCUT2D eigenvalue weighted by Crippen LogP contribution is -2.14. The van der Waals surface area contributed by atoms with E-state index < -0.39 is 5.97 Å². The predicted octanol–water partition coefficient (Wildman–Crippen LogP) is 2.54. The van der Waals surface area contributed by atoms with E-state index in [1.54, 1.807) is 42.6 Å². The van der Waals surface area contributed by atoms with Crippen molar-refractivity contribution < 1.29 is 24.2 Å². The Morgan fingerprint density at radius 3 is 2.56 bits per heavy atom. The third-order valence-corrected chi connectivity index (χ3v) is 3.93. The van der Waals surface area contributed by atoms with Gasteiger partial charge in [-0.25, -0.2) is 4.79 Å². The number of carbonyl (C=O) groups is 2. The van der Waals surface area contributed by atoms with Crippen LogP contribution in [-0.2, 0) is 6.54 Å². The zero-order chi connectivity index (χ0) is 19.4. The summed E-state index contributed by atoms with van der Waals surface area (Å²) < 4.78 is 11.7. The van der Waals surface area contributed by atoms with Crippen molar-refractivity contribution in [3.63, 3.8) is 0 Å². The Hall–Kier alpha value is -3.68. The van der Waals surface area contributed by atoms with Gasteiger partial charge in [-0.3, -0.25) is 14.5 Å². The lowest BCUT2D eigenvalue weighted by molar-refractivity contribution is 0.0688. The quantitative estimate of drug-likeness (QED) is 0.640. The standard InChI is InChI=1S/C19H17N3O5/c1-26-12-6-7-13(18(9-12)27-2)17(23)11-22-16(10-15(21-22)19(24)25)14-5-3-4-8-20-14/h3-10H,11H2,1-2H3,(H,24,25). The minimum atomic E-state index is -1.18. The molecule has 0 saturated heterocycles. The highest BCUT2D eigenvalue weighted by Gasteiger charge is 2.20. The number of carbonyl (C=O) groups excluding carboxylic acids is 1. The number of Topliss-reactive ketones (excluding diaryl/α,β-unsaturated/α-hetero) is 1. The second kappa shape index (κ2) is 7.69. The molecule has 27 heavy (non-hydrogen) atoms. The second-order valence-electron chi connectivity index (χ2n) is 5.58. The summed E-state index contributed by atoms with van der Waals surface area (Å²) in [5.74, 6) is -0.540. The number of ketones is 1. The molecule has 138 valence electrons. The summed E-state index contributed by atoms with van der Waals surface area (Å²) in [5.41, 5.74) is 1.14. The molecule has 0 bridgehead atoms. The number of benzene rings is 1. The third-order valence-electron chi connectivity index (χ3n) is 3.93. The lowest BCUT2D eigenvalue weighted by Gasteiger charge is -2.11. The van der Waals surface area contributed by atoms with Crippen molar-refractivity contribution in [1.82, 2.24) is 14.8 Å². The molecule has 0 aliphatic carbocycles. The summed E-state index contributed by atoms with van der Waals surface area (Å²) in [6.45, 7) is -0.165. The Morgan fingerprint density at radius 1 is 1.11 bits per heavy atom. The maximum Gasteiger partial charge on any atom is 0.356 e. The number of aromatic nitrogens is 3. The summed E-state index contributed by atoms with van der Waals surface area (Å²) in [6, 6.07) is 11.5. The molecule has 3 rings (SSSR count). The van der Waals surface area contributed by atoms with E-state index >= 15 is 0 Å². The Balaban J connectivity index is 1.98. The maximum atomic E-state index is 12.8. The number of methoxy groups -OCH3 is 2. The Morgan fingerprint density at radius 2 is 1.93 bits per heavy atom. The topological polar surface area (TPSA) is 104 Å². The van der Waals surface area contributed by atoms with Gasteiger partial charge < -0.3 is 14.6 Å². The lowest BCUT2D eigenvalue weighted by atomic mass is 10.1. The van der Waals surface area contributed by atoms with Crippen molar-refractivity contribution in [1.29, 1.82) is 0 Å². The van der Waals surface area contributed by atoms with Crippen LogP contribution in [0.15, 0.2) is 48.7 Å². The number of nitrogens with zero attached hydrogens (tertiary/aromatic N) is 3. The maximum absolute atomic E-state index is 12.8. The fourth-order valence-electron chi connectivity index (χ4n) is 2.61. The Labute approximate surface area is 155 Å². The zero-order valence-electron chi connectivity index (χ0n) is 14.7. The van der Waals surface area contributed by atoms with E-state index in [4.69, 9.17) is 9.47 Å². The van der Waals surface area contributed by atoms with Crippen LogP contribution < -0.4 is 9.47 Å². The molecule has 2 aromatic heterocycles. The van der Waals surface area contributed by atoms with Gasteiger partial charge in [-0.1, -0.05) is 6.07 Å². The number of rotatable bonds is 7. The van der Waals surface area contributed by atoms with Crippen LogP contribution in [0, 0.1) is 0 Å². The largest absolute Gasteiger partial charge is 0.497 e. The summed E-state index contributed by atoms with van der Waals surface area (Å²) in [4.78, 5) is 28.3. The molecule has 0 radical (unpaired) electrons. The van der Waals surface area contributed by atoms with Gasteiger partial charge >= 0.3 is 5.97 Å². The fraction of sp³-hybridized carbons (Fsp3) is 0.158. The first-order valence-electron chi connectivity index (χ1n) is 8.01. The second-order valence-corrected chi connectivity index (χ2v) is 5.58. The molecule has 0 spiro atoms. The Bertz CT molecular complexity index is 982. The first kappa shape index (κ1) is 18.1. The van der Waals surface area contributed by atoms with Gasteiger partial charge in [0, 0.05) is 18.3 Å². The molecule has 2 heterocycles. The normalized spacial score (nSPS) is 10.4. The van der Waals surface area contributed by atoms with Gasteiger partial charge in [-0.2, -0.15) is 5.10 Å². The minimum absolute atomic E-state index is 0.162. The highest BCUT2D eigenvalue weighted by Crippen LogP contribution is 2.26. The zero-order valence-corrected chi connectivity index (χ0v) is 14.7. The molecule has 0 saturated carbocycles. The van der Waals surface area contributed by atoms with Crippen molar-refractivity contribution in [2.75, 3.05) is 14.2 Å². The van der Waals surface area contributed by atoms with E-state index in [1.807, 2.05) is 0 Å². The number of hydrogen-bond acceptors (Lipinski definition) is 6. The summed E-state index contributed by atoms with van der Waals surface area (Å²) in [5, 5.41) is 13.3. The average Bonchev–Trinajstić information content (AvgIpc) is 3.12. The monoisotopic (exact) mass is 367 g/mol. The van der Waals surface area contributed by atoms with Gasteiger partial charge in [0.05, 0.1) is 31.2 Å². The van der Waals surface area contributed by atoms with Crippen LogP contribution in [0.5, 0.6) is 11.5 Å². The molecule has 0 aliphatic rings. The molecule has 1 N–H and O–H groups in total. The van der Waals surface area contributed by atoms with E-state index in [-0.39, 0.29) is 18.0 Å². The van der Waals surface area contributed by atoms with Gasteiger partial charge in [0.1, 0.15) is 18.0 Å². The van der Waals surface area contributed by atoms with Gasteiger partial charge in [0.25, 0.3) is 0 Å². The molecule has 0 amide bonds. The van der Waals surface area contributed by atoms with Gasteiger partial charge in [-0.05, 0) is 24.3 Å². The molecule has 0 fully saturated rings. The van der Waals surface area contributed by atoms with Crippen LogP contribution in [0.25, 0.3) is 11.4 Å². The summed E-state index contributed by atoms with van der Waals surface area (Å²) in [7, 11) is 2.98. The van der Waals surface area contributed by atoms with Gasteiger partial charge in [-0.15, -0.1) is 0 Å². The smallest absolute Gasteiger partial charge is 0.356 e. The summed E-state index contributed by atoms with van der Waals surface area (Å²) in [6.07, 6.45) is 1.58. The fourth-order valence-corrected chi connectivity index (χ4v) is 2.61. The molecular weight excluding hydrogens is 350 g/mol. The molecule has 8 heteroatoms. The van der Waals surface area contributed by atoms with Crippen molar-refractivity contribution in [3.05, 3.63) is 59.9 Å². The van der Waals surface area contributed by atoms with Crippen LogP contribution in [-0.4, -0.2) is 45.8 Å².